The summed E-state index contributed by atoms with van der Waals surface area (Å²) in [6.07, 6.45) is -3.20. The molecule has 6 nitrogen and oxygen atoms in total. The van der Waals surface area contributed by atoms with Gasteiger partial charge in [-0.1, -0.05) is 27.7 Å². The SMILES string of the molecule is CC(C)CO.CC(C)COc1cc(C(F)(F)F)ccc1C(=O)Nc1cc[nH]c(=O)c1. The van der Waals surface area contributed by atoms with Gasteiger partial charge >= 0.3 is 6.18 Å². The summed E-state index contributed by atoms with van der Waals surface area (Å²) in [5.41, 5.74) is -1.14. The Labute approximate surface area is 173 Å². The van der Waals surface area contributed by atoms with Crippen LogP contribution in [-0.4, -0.2) is 29.2 Å². The Morgan fingerprint density at radius 2 is 1.77 bits per heavy atom. The number of anilines is 1. The number of hydrogen-bond acceptors (Lipinski definition) is 4. The normalized spacial score (nSPS) is 11.1. The lowest BCUT2D eigenvalue weighted by Crippen LogP contribution is -2.17. The highest BCUT2D eigenvalue weighted by Gasteiger charge is 2.32. The second kappa shape index (κ2) is 11.4. The van der Waals surface area contributed by atoms with Gasteiger partial charge in [-0.3, -0.25) is 9.59 Å². The second-order valence-electron chi connectivity index (χ2n) is 7.39. The number of rotatable bonds is 6. The van der Waals surface area contributed by atoms with Crippen molar-refractivity contribution in [3.05, 3.63) is 58.0 Å². The van der Waals surface area contributed by atoms with Crippen molar-refractivity contribution < 1.29 is 27.8 Å². The van der Waals surface area contributed by atoms with E-state index >= 15 is 0 Å². The molecule has 0 saturated carbocycles. The van der Waals surface area contributed by atoms with Crippen LogP contribution in [0.3, 0.4) is 0 Å². The highest BCUT2D eigenvalue weighted by Crippen LogP contribution is 2.33. The molecule has 0 bridgehead atoms. The van der Waals surface area contributed by atoms with Crippen molar-refractivity contribution in [1.82, 2.24) is 4.98 Å². The Morgan fingerprint density at radius 3 is 2.27 bits per heavy atom. The number of aromatic amines is 1. The van der Waals surface area contributed by atoms with Crippen LogP contribution in [0.4, 0.5) is 18.9 Å². The fraction of sp³-hybridized carbons (Fsp3) is 0.429. The zero-order valence-corrected chi connectivity index (χ0v) is 17.3. The van der Waals surface area contributed by atoms with E-state index in [1.165, 1.54) is 12.3 Å². The summed E-state index contributed by atoms with van der Waals surface area (Å²) in [6, 6.07) is 5.29. The third-order valence-corrected chi connectivity index (χ3v) is 3.52. The summed E-state index contributed by atoms with van der Waals surface area (Å²) in [6.45, 7) is 8.08. The van der Waals surface area contributed by atoms with Crippen molar-refractivity contribution in [3.63, 3.8) is 0 Å². The van der Waals surface area contributed by atoms with Gasteiger partial charge in [-0.25, -0.2) is 0 Å². The van der Waals surface area contributed by atoms with Crippen molar-refractivity contribution in [2.75, 3.05) is 18.5 Å². The standard InChI is InChI=1S/C17H17F3N2O3.C4H10O/c1-10(2)9-25-14-7-11(17(18,19)20)3-4-13(14)16(24)22-12-5-6-21-15(23)8-12;1-4(2)3-5/h3-8,10H,9H2,1-2H3,(H2,21,22,23,24);4-5H,3H2,1-2H3. The summed E-state index contributed by atoms with van der Waals surface area (Å²) in [7, 11) is 0. The number of halogens is 3. The summed E-state index contributed by atoms with van der Waals surface area (Å²) in [5.74, 6) is -0.322. The Balaban J connectivity index is 0.000000804. The number of hydrogen-bond donors (Lipinski definition) is 3. The number of aromatic nitrogens is 1. The Kier molecular flexibility index (Phi) is 9.58. The van der Waals surface area contributed by atoms with E-state index in [-0.39, 0.29) is 29.5 Å². The smallest absolute Gasteiger partial charge is 0.416 e. The maximum atomic E-state index is 12.9. The molecular weight excluding hydrogens is 401 g/mol. The predicted octanol–water partition coefficient (Wildman–Crippen LogP) is 4.32. The third kappa shape index (κ3) is 8.69. The van der Waals surface area contributed by atoms with Crippen molar-refractivity contribution in [1.29, 1.82) is 0 Å². The molecule has 1 amide bonds. The van der Waals surface area contributed by atoms with Crippen molar-refractivity contribution in [2.45, 2.75) is 33.9 Å². The van der Waals surface area contributed by atoms with Gasteiger partial charge in [0.2, 0.25) is 5.56 Å². The number of H-pyrrole nitrogens is 1. The molecule has 0 saturated heterocycles. The first-order valence-corrected chi connectivity index (χ1v) is 9.39. The molecule has 1 aromatic carbocycles. The molecule has 0 radical (unpaired) electrons. The number of alkyl halides is 3. The monoisotopic (exact) mass is 428 g/mol. The van der Waals surface area contributed by atoms with E-state index in [2.05, 4.69) is 10.3 Å². The van der Waals surface area contributed by atoms with Gasteiger partial charge in [-0.05, 0) is 36.1 Å². The summed E-state index contributed by atoms with van der Waals surface area (Å²) >= 11 is 0. The van der Waals surface area contributed by atoms with E-state index in [9.17, 15) is 22.8 Å². The molecule has 0 atom stereocenters. The van der Waals surface area contributed by atoms with Crippen molar-refractivity contribution in [2.24, 2.45) is 11.8 Å². The highest BCUT2D eigenvalue weighted by molar-refractivity contribution is 6.06. The molecule has 2 rings (SSSR count). The first kappa shape index (κ1) is 25.2. The van der Waals surface area contributed by atoms with E-state index in [1.807, 2.05) is 27.7 Å². The molecule has 2 aromatic rings. The van der Waals surface area contributed by atoms with Gasteiger partial charge < -0.3 is 20.1 Å². The van der Waals surface area contributed by atoms with E-state index in [0.29, 0.717) is 12.5 Å². The molecule has 1 heterocycles. The summed E-state index contributed by atoms with van der Waals surface area (Å²) in [5, 5.41) is 10.6. The van der Waals surface area contributed by atoms with E-state index < -0.39 is 23.2 Å². The summed E-state index contributed by atoms with van der Waals surface area (Å²) in [4.78, 5) is 26.0. The van der Waals surface area contributed by atoms with E-state index in [1.54, 1.807) is 0 Å². The fourth-order valence-electron chi connectivity index (χ4n) is 1.98. The molecule has 0 unspecified atom stereocenters. The van der Waals surface area contributed by atoms with Gasteiger partial charge in [0.05, 0.1) is 17.7 Å². The Bertz CT molecular complexity index is 877. The van der Waals surface area contributed by atoms with E-state index in [0.717, 1.165) is 24.3 Å². The largest absolute Gasteiger partial charge is 0.492 e. The molecular formula is C21H27F3N2O4. The van der Waals surface area contributed by atoms with Crippen LogP contribution in [-0.2, 0) is 6.18 Å². The predicted molar refractivity (Wildman–Crippen MR) is 109 cm³/mol. The molecule has 0 spiro atoms. The molecule has 0 fully saturated rings. The average Bonchev–Trinajstić information content (AvgIpc) is 2.65. The van der Waals surface area contributed by atoms with Crippen LogP contribution in [0, 0.1) is 11.8 Å². The second-order valence-corrected chi connectivity index (χ2v) is 7.39. The number of amides is 1. The number of ether oxygens (including phenoxy) is 1. The zero-order chi connectivity index (χ0) is 22.9. The van der Waals surface area contributed by atoms with Crippen molar-refractivity contribution >= 4 is 11.6 Å². The molecule has 30 heavy (non-hydrogen) atoms. The minimum absolute atomic E-state index is 0.0473. The number of aliphatic hydroxyl groups excluding tert-OH is 1. The minimum Gasteiger partial charge on any atom is -0.492 e. The quantitative estimate of drug-likeness (QED) is 0.639. The molecule has 0 aliphatic heterocycles. The Morgan fingerprint density at radius 1 is 1.13 bits per heavy atom. The number of carbonyl (C=O) groups is 1. The average molecular weight is 428 g/mol. The zero-order valence-electron chi connectivity index (χ0n) is 17.3. The first-order valence-electron chi connectivity index (χ1n) is 9.39. The number of benzene rings is 1. The van der Waals surface area contributed by atoms with Gasteiger partial charge in [-0.2, -0.15) is 13.2 Å². The van der Waals surface area contributed by atoms with Gasteiger partial charge in [0.1, 0.15) is 5.75 Å². The molecule has 0 aliphatic rings. The number of pyridine rings is 1. The maximum Gasteiger partial charge on any atom is 0.416 e. The van der Waals surface area contributed by atoms with Crippen LogP contribution in [0.1, 0.15) is 43.6 Å². The number of nitrogens with one attached hydrogen (secondary N) is 2. The van der Waals surface area contributed by atoms with Crippen LogP contribution in [0.15, 0.2) is 41.3 Å². The van der Waals surface area contributed by atoms with Gasteiger partial charge in [-0.15, -0.1) is 0 Å². The first-order chi connectivity index (χ1) is 13.9. The molecule has 3 N–H and O–H groups in total. The minimum atomic E-state index is -4.54. The van der Waals surface area contributed by atoms with Gasteiger partial charge in [0, 0.05) is 24.6 Å². The number of aliphatic hydroxyl groups is 1. The van der Waals surface area contributed by atoms with Crippen LogP contribution in [0.5, 0.6) is 5.75 Å². The van der Waals surface area contributed by atoms with Crippen molar-refractivity contribution in [3.8, 4) is 5.75 Å². The van der Waals surface area contributed by atoms with Gasteiger partial charge in [0.15, 0.2) is 0 Å². The van der Waals surface area contributed by atoms with Crippen LogP contribution in [0.25, 0.3) is 0 Å². The number of carbonyl (C=O) groups excluding carboxylic acids is 1. The fourth-order valence-corrected chi connectivity index (χ4v) is 1.98. The van der Waals surface area contributed by atoms with Crippen LogP contribution in [0.2, 0.25) is 0 Å². The highest BCUT2D eigenvalue weighted by atomic mass is 19.4. The molecule has 1 aromatic heterocycles. The maximum absolute atomic E-state index is 12.9. The molecule has 166 valence electrons. The van der Waals surface area contributed by atoms with Crippen LogP contribution < -0.4 is 15.6 Å². The van der Waals surface area contributed by atoms with Gasteiger partial charge in [0.25, 0.3) is 5.91 Å². The molecule has 0 aliphatic carbocycles. The lowest BCUT2D eigenvalue weighted by molar-refractivity contribution is -0.137. The third-order valence-electron chi connectivity index (χ3n) is 3.52. The van der Waals surface area contributed by atoms with Crippen LogP contribution >= 0.6 is 0 Å². The Hall–Kier alpha value is -2.81. The molecule has 9 heteroatoms. The lowest BCUT2D eigenvalue weighted by Gasteiger charge is -2.15. The topological polar surface area (TPSA) is 91.4 Å². The van der Waals surface area contributed by atoms with E-state index in [4.69, 9.17) is 9.84 Å². The summed E-state index contributed by atoms with van der Waals surface area (Å²) < 4.78 is 44.1. The lowest BCUT2D eigenvalue weighted by atomic mass is 10.1.